The largest absolute Gasteiger partial charge is 0.455 e. The van der Waals surface area contributed by atoms with Gasteiger partial charge in [-0.15, -0.1) is 0 Å². The first-order valence-electron chi connectivity index (χ1n) is 9.21. The number of nitrogens with zero attached hydrogens (tertiary/aromatic N) is 3. The standard InChI is InChI=1S/C21H14ClF2N5O3S/c22-15-10-19(33(30,31)29-21-27-5-1-6-28-21)16(24)11-18(15)32-17-3-2-13(23)9-14(17)12-4-7-26-20(25)8-12/h1-11H,(H2,25,26)(H,27,28,29). The summed E-state index contributed by atoms with van der Waals surface area (Å²) < 4.78 is 61.6. The summed E-state index contributed by atoms with van der Waals surface area (Å²) in [6.07, 6.45) is 4.08. The van der Waals surface area contributed by atoms with E-state index in [1.54, 1.807) is 6.07 Å². The summed E-state index contributed by atoms with van der Waals surface area (Å²) in [4.78, 5) is 10.6. The van der Waals surface area contributed by atoms with Crippen molar-refractivity contribution in [2.24, 2.45) is 0 Å². The lowest BCUT2D eigenvalue weighted by Crippen LogP contribution is -2.16. The second-order valence-corrected chi connectivity index (χ2v) is 8.66. The minimum atomic E-state index is -4.38. The van der Waals surface area contributed by atoms with Crippen LogP contribution in [-0.4, -0.2) is 23.4 Å². The van der Waals surface area contributed by atoms with E-state index in [1.165, 1.54) is 42.9 Å². The molecule has 0 aliphatic carbocycles. The van der Waals surface area contributed by atoms with Gasteiger partial charge in [0.25, 0.3) is 10.0 Å². The van der Waals surface area contributed by atoms with Crippen molar-refractivity contribution in [3.63, 3.8) is 0 Å². The molecular weight excluding hydrogens is 476 g/mol. The lowest BCUT2D eigenvalue weighted by atomic mass is 10.1. The molecule has 0 amide bonds. The molecule has 0 fully saturated rings. The lowest BCUT2D eigenvalue weighted by molar-refractivity contribution is 0.473. The van der Waals surface area contributed by atoms with E-state index < -0.39 is 26.6 Å². The molecule has 2 heterocycles. The Bertz CT molecular complexity index is 1440. The van der Waals surface area contributed by atoms with E-state index in [2.05, 4.69) is 19.7 Å². The molecule has 4 rings (SSSR count). The predicted molar refractivity (Wildman–Crippen MR) is 118 cm³/mol. The Morgan fingerprint density at radius 2 is 1.70 bits per heavy atom. The van der Waals surface area contributed by atoms with Crippen molar-refractivity contribution >= 4 is 33.4 Å². The Morgan fingerprint density at radius 3 is 2.42 bits per heavy atom. The molecule has 168 valence electrons. The second-order valence-electron chi connectivity index (χ2n) is 6.60. The van der Waals surface area contributed by atoms with Crippen LogP contribution in [0.15, 0.2) is 72.0 Å². The molecule has 0 unspecified atom stereocenters. The lowest BCUT2D eigenvalue weighted by Gasteiger charge is -2.14. The number of benzene rings is 2. The molecule has 0 radical (unpaired) electrons. The van der Waals surface area contributed by atoms with Crippen molar-refractivity contribution in [2.75, 3.05) is 10.5 Å². The van der Waals surface area contributed by atoms with Crippen molar-refractivity contribution in [3.05, 3.63) is 83.8 Å². The number of ether oxygens (including phenoxy) is 1. The summed E-state index contributed by atoms with van der Waals surface area (Å²) in [5.41, 5.74) is 6.51. The van der Waals surface area contributed by atoms with E-state index in [4.69, 9.17) is 22.1 Å². The van der Waals surface area contributed by atoms with Crippen molar-refractivity contribution in [1.82, 2.24) is 15.0 Å². The second kappa shape index (κ2) is 8.96. The number of hydrogen-bond acceptors (Lipinski definition) is 7. The fourth-order valence-electron chi connectivity index (χ4n) is 2.87. The zero-order valence-electron chi connectivity index (χ0n) is 16.5. The molecule has 2 aromatic carbocycles. The zero-order chi connectivity index (χ0) is 23.6. The number of rotatable bonds is 6. The maximum absolute atomic E-state index is 14.8. The highest BCUT2D eigenvalue weighted by Gasteiger charge is 2.23. The summed E-state index contributed by atoms with van der Waals surface area (Å²) in [6.45, 7) is 0. The third kappa shape index (κ3) is 4.99. The van der Waals surface area contributed by atoms with Gasteiger partial charge in [0.2, 0.25) is 5.95 Å². The Hall–Kier alpha value is -3.83. The minimum absolute atomic E-state index is 0.134. The van der Waals surface area contributed by atoms with Crippen molar-refractivity contribution in [2.45, 2.75) is 4.90 Å². The Morgan fingerprint density at radius 1 is 0.939 bits per heavy atom. The van der Waals surface area contributed by atoms with E-state index in [1.807, 2.05) is 0 Å². The molecule has 0 aliphatic rings. The van der Waals surface area contributed by atoms with Gasteiger partial charge in [-0.2, -0.15) is 0 Å². The van der Waals surface area contributed by atoms with Crippen LogP contribution in [0.5, 0.6) is 11.5 Å². The summed E-state index contributed by atoms with van der Waals surface area (Å²) in [5.74, 6) is -1.75. The van der Waals surface area contributed by atoms with Crippen LogP contribution >= 0.6 is 11.6 Å². The number of nitrogen functional groups attached to an aromatic ring is 1. The number of aromatic nitrogens is 3. The topological polar surface area (TPSA) is 120 Å². The Labute approximate surface area is 192 Å². The number of nitrogens with one attached hydrogen (secondary N) is 1. The molecule has 4 aromatic rings. The van der Waals surface area contributed by atoms with Crippen molar-refractivity contribution < 1.29 is 21.9 Å². The van der Waals surface area contributed by atoms with E-state index in [9.17, 15) is 17.2 Å². The molecule has 8 nitrogen and oxygen atoms in total. The number of pyridine rings is 1. The molecular formula is C21H14ClF2N5O3S. The molecule has 12 heteroatoms. The van der Waals surface area contributed by atoms with Crippen LogP contribution in [-0.2, 0) is 10.0 Å². The maximum atomic E-state index is 14.8. The first-order chi connectivity index (χ1) is 15.7. The molecule has 3 N–H and O–H groups in total. The zero-order valence-corrected chi connectivity index (χ0v) is 18.1. The summed E-state index contributed by atoms with van der Waals surface area (Å²) in [7, 11) is -4.38. The Balaban J connectivity index is 1.69. The fraction of sp³-hybridized carbons (Fsp3) is 0. The van der Waals surface area contributed by atoms with E-state index >= 15 is 0 Å². The van der Waals surface area contributed by atoms with Gasteiger partial charge in [-0.3, -0.25) is 0 Å². The van der Waals surface area contributed by atoms with Gasteiger partial charge in [0.05, 0.1) is 5.02 Å². The van der Waals surface area contributed by atoms with Crippen LogP contribution in [0.3, 0.4) is 0 Å². The first-order valence-corrected chi connectivity index (χ1v) is 11.1. The summed E-state index contributed by atoms with van der Waals surface area (Å²) in [6, 6.07) is 9.99. The van der Waals surface area contributed by atoms with Gasteiger partial charge in [-0.05, 0) is 48.0 Å². The van der Waals surface area contributed by atoms with Crippen LogP contribution in [0.25, 0.3) is 11.1 Å². The number of hydrogen-bond donors (Lipinski definition) is 2. The van der Waals surface area contributed by atoms with Gasteiger partial charge >= 0.3 is 0 Å². The molecule has 2 aromatic heterocycles. The van der Waals surface area contributed by atoms with Gasteiger partial charge in [-0.25, -0.2) is 36.9 Å². The summed E-state index contributed by atoms with van der Waals surface area (Å²) >= 11 is 6.20. The number of anilines is 2. The normalized spacial score (nSPS) is 11.2. The molecule has 0 aliphatic heterocycles. The van der Waals surface area contributed by atoms with Crippen LogP contribution in [0.4, 0.5) is 20.5 Å². The van der Waals surface area contributed by atoms with E-state index in [0.717, 1.165) is 18.2 Å². The van der Waals surface area contributed by atoms with Gasteiger partial charge < -0.3 is 10.5 Å². The molecule has 0 spiro atoms. The van der Waals surface area contributed by atoms with Crippen molar-refractivity contribution in [1.29, 1.82) is 0 Å². The smallest absolute Gasteiger partial charge is 0.267 e. The molecule has 0 saturated heterocycles. The molecule has 0 saturated carbocycles. The van der Waals surface area contributed by atoms with Crippen LogP contribution < -0.4 is 15.2 Å². The average Bonchev–Trinajstić information content (AvgIpc) is 2.77. The van der Waals surface area contributed by atoms with Gasteiger partial charge in [0, 0.05) is 30.2 Å². The van der Waals surface area contributed by atoms with Gasteiger partial charge in [0.15, 0.2) is 0 Å². The fourth-order valence-corrected chi connectivity index (χ4v) is 4.18. The quantitative estimate of drug-likeness (QED) is 0.404. The van der Waals surface area contributed by atoms with E-state index in [-0.39, 0.29) is 28.3 Å². The first kappa shape index (κ1) is 22.4. The monoisotopic (exact) mass is 489 g/mol. The number of sulfonamides is 1. The van der Waals surface area contributed by atoms with Gasteiger partial charge in [0.1, 0.15) is 33.8 Å². The number of nitrogens with two attached hydrogens (primary N) is 1. The van der Waals surface area contributed by atoms with Crippen LogP contribution in [0, 0.1) is 11.6 Å². The molecule has 0 bridgehead atoms. The highest BCUT2D eigenvalue weighted by Crippen LogP contribution is 2.38. The third-order valence-corrected chi connectivity index (χ3v) is 5.96. The SMILES string of the molecule is Nc1cc(-c2cc(F)ccc2Oc2cc(F)c(S(=O)(=O)Nc3ncccn3)cc2Cl)ccn1. The number of halogens is 3. The molecule has 33 heavy (non-hydrogen) atoms. The van der Waals surface area contributed by atoms with Gasteiger partial charge in [-0.1, -0.05) is 11.6 Å². The van der Waals surface area contributed by atoms with E-state index in [0.29, 0.717) is 11.1 Å². The van der Waals surface area contributed by atoms with Crippen LogP contribution in [0.1, 0.15) is 0 Å². The summed E-state index contributed by atoms with van der Waals surface area (Å²) in [5, 5.41) is -0.199. The highest BCUT2D eigenvalue weighted by atomic mass is 35.5. The highest BCUT2D eigenvalue weighted by molar-refractivity contribution is 7.92. The predicted octanol–water partition coefficient (Wildman–Crippen LogP) is 4.65. The third-order valence-electron chi connectivity index (χ3n) is 4.32. The molecule has 0 atom stereocenters. The van der Waals surface area contributed by atoms with Crippen LogP contribution in [0.2, 0.25) is 5.02 Å². The Kier molecular flexibility index (Phi) is 6.07. The minimum Gasteiger partial charge on any atom is -0.455 e. The maximum Gasteiger partial charge on any atom is 0.267 e. The van der Waals surface area contributed by atoms with Crippen molar-refractivity contribution in [3.8, 4) is 22.6 Å². The average molecular weight is 490 g/mol.